The van der Waals surface area contributed by atoms with Gasteiger partial charge >= 0.3 is 0 Å². The fraction of sp³-hybridized carbons (Fsp3) is 1.00. The monoisotopic (exact) mass is 254 g/mol. The highest BCUT2D eigenvalue weighted by molar-refractivity contribution is 6.50. The molecular weight excluding hydrogens is 246 g/mol. The van der Waals surface area contributed by atoms with Gasteiger partial charge in [0, 0.05) is 0 Å². The molecule has 12 heavy (non-hydrogen) atoms. The van der Waals surface area contributed by atoms with Gasteiger partial charge in [-0.3, -0.25) is 0 Å². The molecule has 0 amide bonds. The molecule has 3 unspecified atom stereocenters. The van der Waals surface area contributed by atoms with Crippen molar-refractivity contribution in [2.24, 2.45) is 0 Å². The first-order chi connectivity index (χ1) is 5.34. The highest BCUT2D eigenvalue weighted by atomic mass is 35.5. The zero-order valence-electron chi connectivity index (χ0n) is 6.35. The summed E-state index contributed by atoms with van der Waals surface area (Å²) in [6.07, 6.45) is -0.571. The first-order valence-electron chi connectivity index (χ1n) is 3.35. The van der Waals surface area contributed by atoms with Crippen LogP contribution in [-0.4, -0.2) is 31.6 Å². The van der Waals surface area contributed by atoms with Crippen molar-refractivity contribution < 1.29 is 10.2 Å². The lowest BCUT2D eigenvalue weighted by Gasteiger charge is -2.29. The van der Waals surface area contributed by atoms with Gasteiger partial charge in [-0.1, -0.05) is 18.5 Å². The maximum absolute atomic E-state index is 9.37. The smallest absolute Gasteiger partial charge is 0.187 e. The number of alkyl halides is 4. The number of halogens is 4. The van der Waals surface area contributed by atoms with Crippen molar-refractivity contribution in [2.45, 2.75) is 34.7 Å². The van der Waals surface area contributed by atoms with E-state index in [1.165, 1.54) is 0 Å². The molecule has 0 spiro atoms. The first kappa shape index (κ1) is 13.1. The topological polar surface area (TPSA) is 40.5 Å². The van der Waals surface area contributed by atoms with Crippen molar-refractivity contribution in [1.82, 2.24) is 0 Å². The summed E-state index contributed by atoms with van der Waals surface area (Å²) in [6, 6.07) is 0. The lowest BCUT2D eigenvalue weighted by atomic mass is 10.1. The summed E-state index contributed by atoms with van der Waals surface area (Å²) in [5.74, 6) is 0. The zero-order valence-corrected chi connectivity index (χ0v) is 9.37. The molecule has 0 rings (SSSR count). The van der Waals surface area contributed by atoms with Crippen LogP contribution in [0.5, 0.6) is 0 Å². The van der Waals surface area contributed by atoms with Crippen LogP contribution in [0.4, 0.5) is 0 Å². The molecule has 0 aliphatic carbocycles. The number of hydrogen-bond acceptors (Lipinski definition) is 2. The second-order valence-corrected chi connectivity index (χ2v) is 4.58. The molecule has 6 heteroatoms. The van der Waals surface area contributed by atoms with E-state index >= 15 is 0 Å². The van der Waals surface area contributed by atoms with Gasteiger partial charge in [-0.05, 0) is 6.42 Å². The van der Waals surface area contributed by atoms with Crippen LogP contribution < -0.4 is 0 Å². The summed E-state index contributed by atoms with van der Waals surface area (Å²) >= 11 is 21.8. The van der Waals surface area contributed by atoms with E-state index in [-0.39, 0.29) is 0 Å². The molecule has 2 nitrogen and oxygen atoms in total. The summed E-state index contributed by atoms with van der Waals surface area (Å²) in [4.78, 5) is -1.25. The lowest BCUT2D eigenvalue weighted by Crippen LogP contribution is -2.45. The molecule has 0 saturated carbocycles. The molecule has 0 aliphatic heterocycles. The summed E-state index contributed by atoms with van der Waals surface area (Å²) in [5, 5.41) is 15.5. The Bertz CT molecular complexity index is 140. The molecule has 0 fully saturated rings. The summed E-state index contributed by atoms with van der Waals surface area (Å²) in [6.45, 7) is 1.70. The van der Waals surface area contributed by atoms with Crippen LogP contribution in [0.25, 0.3) is 0 Å². The Morgan fingerprint density at radius 1 is 1.33 bits per heavy atom. The predicted molar refractivity (Wildman–Crippen MR) is 52.2 cm³/mol. The maximum Gasteiger partial charge on any atom is 0.187 e. The Hall–Kier alpha value is 1.08. The van der Waals surface area contributed by atoms with Gasteiger partial charge in [0.1, 0.15) is 5.38 Å². The van der Waals surface area contributed by atoms with Gasteiger partial charge in [-0.2, -0.15) is 0 Å². The quantitative estimate of drug-likeness (QED) is 0.756. The molecule has 74 valence electrons. The van der Waals surface area contributed by atoms with Crippen LogP contribution in [0.15, 0.2) is 0 Å². The standard InChI is InChI=1S/C6H10Cl4O2/c1-2-3(11)4(7)6(10,12)5(8)9/h3-5,11-12H,2H2,1H3. The van der Waals surface area contributed by atoms with Crippen molar-refractivity contribution in [1.29, 1.82) is 0 Å². The molecule has 0 aromatic carbocycles. The summed E-state index contributed by atoms with van der Waals surface area (Å²) in [7, 11) is 0. The Balaban J connectivity index is 4.34. The van der Waals surface area contributed by atoms with Crippen LogP contribution in [-0.2, 0) is 0 Å². The van der Waals surface area contributed by atoms with Crippen molar-refractivity contribution in [3.05, 3.63) is 0 Å². The molecule has 0 aromatic rings. The Morgan fingerprint density at radius 2 is 1.75 bits per heavy atom. The molecule has 0 aliphatic rings. The largest absolute Gasteiger partial charge is 0.391 e. The van der Waals surface area contributed by atoms with E-state index < -0.39 is 21.4 Å². The minimum absolute atomic E-state index is 0.365. The van der Waals surface area contributed by atoms with E-state index in [0.717, 1.165) is 0 Å². The fourth-order valence-corrected chi connectivity index (χ4v) is 1.45. The summed E-state index contributed by atoms with van der Waals surface area (Å²) < 4.78 is 0. The molecule has 2 N–H and O–H groups in total. The zero-order chi connectivity index (χ0) is 9.94. The van der Waals surface area contributed by atoms with E-state index in [1.54, 1.807) is 6.92 Å². The van der Waals surface area contributed by atoms with Gasteiger partial charge in [0.15, 0.2) is 9.90 Å². The summed E-state index contributed by atoms with van der Waals surface area (Å²) in [5.41, 5.74) is 0. The minimum atomic E-state index is -2.00. The van der Waals surface area contributed by atoms with Crippen molar-refractivity contribution in [2.75, 3.05) is 0 Å². The third-order valence-electron chi connectivity index (χ3n) is 1.45. The molecule has 0 heterocycles. The van der Waals surface area contributed by atoms with Crippen LogP contribution in [0.1, 0.15) is 13.3 Å². The third kappa shape index (κ3) is 3.09. The van der Waals surface area contributed by atoms with Gasteiger partial charge < -0.3 is 10.2 Å². The maximum atomic E-state index is 9.37. The SMILES string of the molecule is CCC(O)C(Cl)C(O)(Cl)C(Cl)Cl. The van der Waals surface area contributed by atoms with Gasteiger partial charge in [-0.25, -0.2) is 0 Å². The normalized spacial score (nSPS) is 22.0. The molecular formula is C6H10Cl4O2. The Labute approximate surface area is 91.4 Å². The number of rotatable bonds is 4. The fourth-order valence-electron chi connectivity index (χ4n) is 0.597. The van der Waals surface area contributed by atoms with Gasteiger partial charge in [-0.15, -0.1) is 34.8 Å². The van der Waals surface area contributed by atoms with Crippen molar-refractivity contribution >= 4 is 46.4 Å². The van der Waals surface area contributed by atoms with E-state index in [4.69, 9.17) is 46.4 Å². The van der Waals surface area contributed by atoms with Gasteiger partial charge in [0.05, 0.1) is 6.10 Å². The number of aliphatic hydroxyl groups excluding tert-OH is 1. The van der Waals surface area contributed by atoms with E-state index in [2.05, 4.69) is 0 Å². The predicted octanol–water partition coefficient (Wildman–Crippen LogP) is 2.10. The van der Waals surface area contributed by atoms with Crippen molar-refractivity contribution in [3.63, 3.8) is 0 Å². The average molecular weight is 256 g/mol. The van der Waals surface area contributed by atoms with Crippen molar-refractivity contribution in [3.8, 4) is 0 Å². The van der Waals surface area contributed by atoms with Crippen LogP contribution in [0, 0.1) is 0 Å². The average Bonchev–Trinajstić information content (AvgIpc) is 2.01. The van der Waals surface area contributed by atoms with Crippen LogP contribution >= 0.6 is 46.4 Å². The second-order valence-electron chi connectivity index (χ2n) is 2.41. The lowest BCUT2D eigenvalue weighted by molar-refractivity contribution is 0.0644. The third-order valence-corrected chi connectivity index (χ3v) is 3.53. The molecule has 0 aromatic heterocycles. The molecule has 3 atom stereocenters. The highest BCUT2D eigenvalue weighted by Gasteiger charge is 2.43. The van der Waals surface area contributed by atoms with Gasteiger partial charge in [0.25, 0.3) is 0 Å². The van der Waals surface area contributed by atoms with Gasteiger partial charge in [0.2, 0.25) is 0 Å². The number of hydrogen-bond donors (Lipinski definition) is 2. The Kier molecular flexibility index (Phi) is 5.54. The highest BCUT2D eigenvalue weighted by Crippen LogP contribution is 2.33. The van der Waals surface area contributed by atoms with E-state index in [1.807, 2.05) is 0 Å². The molecule has 0 radical (unpaired) electrons. The first-order valence-corrected chi connectivity index (χ1v) is 5.04. The van der Waals surface area contributed by atoms with Crippen LogP contribution in [0.3, 0.4) is 0 Å². The Morgan fingerprint density at radius 3 is 2.00 bits per heavy atom. The minimum Gasteiger partial charge on any atom is -0.391 e. The van der Waals surface area contributed by atoms with E-state index in [0.29, 0.717) is 6.42 Å². The van der Waals surface area contributed by atoms with Crippen LogP contribution in [0.2, 0.25) is 0 Å². The molecule has 0 saturated heterocycles. The number of aliphatic hydroxyl groups is 2. The second kappa shape index (κ2) is 5.08. The van der Waals surface area contributed by atoms with E-state index in [9.17, 15) is 10.2 Å². The molecule has 0 bridgehead atoms.